The number of carbonyl (C=O) groups excluding carboxylic acids is 1. The SMILES string of the molecule is CNC1(C)CCN(C(=O)C2CCCCC2(C)C)CC1. The second-order valence-electron chi connectivity index (χ2n) is 7.42. The third-order valence-electron chi connectivity index (χ3n) is 5.59. The minimum Gasteiger partial charge on any atom is -0.342 e. The van der Waals surface area contributed by atoms with Crippen molar-refractivity contribution in [1.29, 1.82) is 0 Å². The molecule has 2 rings (SSSR count). The average Bonchev–Trinajstić information content (AvgIpc) is 2.38. The van der Waals surface area contributed by atoms with Gasteiger partial charge in [0.15, 0.2) is 0 Å². The lowest BCUT2D eigenvalue weighted by Crippen LogP contribution is -2.53. The van der Waals surface area contributed by atoms with Crippen molar-refractivity contribution in [1.82, 2.24) is 10.2 Å². The zero-order chi connectivity index (χ0) is 14.1. The second-order valence-corrected chi connectivity index (χ2v) is 7.42. The van der Waals surface area contributed by atoms with E-state index in [1.165, 1.54) is 19.3 Å². The normalized spacial score (nSPS) is 30.1. The maximum absolute atomic E-state index is 12.8. The summed E-state index contributed by atoms with van der Waals surface area (Å²) in [5.41, 5.74) is 0.415. The third kappa shape index (κ3) is 3.13. The van der Waals surface area contributed by atoms with Crippen molar-refractivity contribution in [3.63, 3.8) is 0 Å². The van der Waals surface area contributed by atoms with Gasteiger partial charge in [-0.3, -0.25) is 4.79 Å². The molecule has 1 atom stereocenters. The molecule has 3 heteroatoms. The average molecular weight is 266 g/mol. The Hall–Kier alpha value is -0.570. The monoisotopic (exact) mass is 266 g/mol. The Morgan fingerprint density at radius 2 is 1.74 bits per heavy atom. The lowest BCUT2D eigenvalue weighted by atomic mass is 9.68. The van der Waals surface area contributed by atoms with Crippen LogP contribution in [-0.4, -0.2) is 36.5 Å². The highest BCUT2D eigenvalue weighted by Crippen LogP contribution is 2.41. The Bertz CT molecular complexity index is 330. The molecule has 0 radical (unpaired) electrons. The van der Waals surface area contributed by atoms with Gasteiger partial charge < -0.3 is 10.2 Å². The Labute approximate surface area is 118 Å². The third-order valence-corrected chi connectivity index (χ3v) is 5.59. The summed E-state index contributed by atoms with van der Waals surface area (Å²) in [6.07, 6.45) is 6.94. The van der Waals surface area contributed by atoms with Gasteiger partial charge in [0.05, 0.1) is 0 Å². The van der Waals surface area contributed by atoms with Crippen LogP contribution in [0.5, 0.6) is 0 Å². The topological polar surface area (TPSA) is 32.3 Å². The summed E-state index contributed by atoms with van der Waals surface area (Å²) >= 11 is 0. The predicted molar refractivity (Wildman–Crippen MR) is 79.0 cm³/mol. The van der Waals surface area contributed by atoms with Gasteiger partial charge in [-0.25, -0.2) is 0 Å². The van der Waals surface area contributed by atoms with Crippen LogP contribution in [-0.2, 0) is 4.79 Å². The maximum Gasteiger partial charge on any atom is 0.226 e. The number of nitrogens with one attached hydrogen (secondary N) is 1. The zero-order valence-corrected chi connectivity index (χ0v) is 13.1. The van der Waals surface area contributed by atoms with Gasteiger partial charge in [-0.15, -0.1) is 0 Å². The van der Waals surface area contributed by atoms with E-state index in [0.717, 1.165) is 32.4 Å². The molecule has 1 N–H and O–H groups in total. The highest BCUT2D eigenvalue weighted by molar-refractivity contribution is 5.79. The minimum absolute atomic E-state index is 0.194. The number of likely N-dealkylation sites (tertiary alicyclic amines) is 1. The van der Waals surface area contributed by atoms with Crippen LogP contribution >= 0.6 is 0 Å². The number of hydrogen-bond acceptors (Lipinski definition) is 2. The largest absolute Gasteiger partial charge is 0.342 e. The summed E-state index contributed by atoms with van der Waals surface area (Å²) in [6.45, 7) is 8.65. The first-order valence-electron chi connectivity index (χ1n) is 7.86. The van der Waals surface area contributed by atoms with Crippen molar-refractivity contribution >= 4 is 5.91 Å². The molecule has 1 heterocycles. The summed E-state index contributed by atoms with van der Waals surface area (Å²) in [7, 11) is 2.03. The maximum atomic E-state index is 12.8. The molecular weight excluding hydrogens is 236 g/mol. The lowest BCUT2D eigenvalue weighted by molar-refractivity contribution is -0.142. The summed E-state index contributed by atoms with van der Waals surface area (Å²) < 4.78 is 0. The number of piperidine rings is 1. The van der Waals surface area contributed by atoms with E-state index in [1.54, 1.807) is 0 Å². The molecule has 0 aromatic carbocycles. The molecule has 1 saturated heterocycles. The van der Waals surface area contributed by atoms with Gasteiger partial charge in [0.1, 0.15) is 0 Å². The molecule has 1 amide bonds. The molecule has 1 aliphatic carbocycles. The van der Waals surface area contributed by atoms with Crippen LogP contribution in [0.1, 0.15) is 59.3 Å². The summed E-state index contributed by atoms with van der Waals surface area (Å²) in [5.74, 6) is 0.669. The highest BCUT2D eigenvalue weighted by Gasteiger charge is 2.40. The van der Waals surface area contributed by atoms with E-state index >= 15 is 0 Å². The number of rotatable bonds is 2. The molecule has 2 aliphatic rings. The van der Waals surface area contributed by atoms with E-state index in [0.29, 0.717) is 5.91 Å². The van der Waals surface area contributed by atoms with Gasteiger partial charge in [0, 0.05) is 24.5 Å². The molecule has 3 nitrogen and oxygen atoms in total. The van der Waals surface area contributed by atoms with Crippen LogP contribution in [0.3, 0.4) is 0 Å². The van der Waals surface area contributed by atoms with Crippen molar-refractivity contribution in [2.75, 3.05) is 20.1 Å². The standard InChI is InChI=1S/C16H30N2O/c1-15(2)8-6-5-7-13(15)14(19)18-11-9-16(3,17-4)10-12-18/h13,17H,5-12H2,1-4H3. The van der Waals surface area contributed by atoms with Crippen molar-refractivity contribution in [3.05, 3.63) is 0 Å². The van der Waals surface area contributed by atoms with E-state index in [-0.39, 0.29) is 16.9 Å². The number of nitrogens with zero attached hydrogens (tertiary/aromatic N) is 1. The van der Waals surface area contributed by atoms with E-state index in [2.05, 4.69) is 31.0 Å². The second kappa shape index (κ2) is 5.43. The molecular formula is C16H30N2O. The van der Waals surface area contributed by atoms with Gasteiger partial charge in [0.2, 0.25) is 5.91 Å². The van der Waals surface area contributed by atoms with Crippen molar-refractivity contribution in [2.45, 2.75) is 64.8 Å². The smallest absolute Gasteiger partial charge is 0.226 e. The van der Waals surface area contributed by atoms with Crippen LogP contribution in [0.2, 0.25) is 0 Å². The van der Waals surface area contributed by atoms with Crippen LogP contribution in [0.4, 0.5) is 0 Å². The molecule has 1 aliphatic heterocycles. The van der Waals surface area contributed by atoms with E-state index < -0.39 is 0 Å². The summed E-state index contributed by atoms with van der Waals surface area (Å²) in [5, 5.41) is 3.40. The quantitative estimate of drug-likeness (QED) is 0.833. The van der Waals surface area contributed by atoms with Crippen molar-refractivity contribution in [2.24, 2.45) is 11.3 Å². The Kier molecular flexibility index (Phi) is 4.24. The summed E-state index contributed by atoms with van der Waals surface area (Å²) in [4.78, 5) is 14.9. The van der Waals surface area contributed by atoms with Gasteiger partial charge in [-0.1, -0.05) is 26.7 Å². The fraction of sp³-hybridized carbons (Fsp3) is 0.938. The Morgan fingerprint density at radius 3 is 2.26 bits per heavy atom. The Morgan fingerprint density at radius 1 is 1.11 bits per heavy atom. The van der Waals surface area contributed by atoms with E-state index in [1.807, 2.05) is 7.05 Å². The first-order valence-corrected chi connectivity index (χ1v) is 7.86. The Balaban J connectivity index is 1.97. The zero-order valence-electron chi connectivity index (χ0n) is 13.1. The number of amides is 1. The molecule has 0 aromatic rings. The number of carbonyl (C=O) groups is 1. The van der Waals surface area contributed by atoms with E-state index in [4.69, 9.17) is 0 Å². The van der Waals surface area contributed by atoms with Gasteiger partial charge >= 0.3 is 0 Å². The molecule has 19 heavy (non-hydrogen) atoms. The van der Waals surface area contributed by atoms with Gasteiger partial charge in [0.25, 0.3) is 0 Å². The number of hydrogen-bond donors (Lipinski definition) is 1. The fourth-order valence-corrected chi connectivity index (χ4v) is 3.64. The first-order chi connectivity index (χ1) is 8.88. The first kappa shape index (κ1) is 14.8. The van der Waals surface area contributed by atoms with Crippen molar-refractivity contribution in [3.8, 4) is 0 Å². The molecule has 1 saturated carbocycles. The molecule has 110 valence electrons. The van der Waals surface area contributed by atoms with E-state index in [9.17, 15) is 4.79 Å². The van der Waals surface area contributed by atoms with Crippen LogP contribution in [0.25, 0.3) is 0 Å². The minimum atomic E-state index is 0.194. The summed E-state index contributed by atoms with van der Waals surface area (Å²) in [6, 6.07) is 0. The lowest BCUT2D eigenvalue weighted by Gasteiger charge is -2.44. The van der Waals surface area contributed by atoms with Crippen LogP contribution in [0, 0.1) is 11.3 Å². The van der Waals surface area contributed by atoms with Crippen LogP contribution < -0.4 is 5.32 Å². The molecule has 0 aromatic heterocycles. The fourth-order valence-electron chi connectivity index (χ4n) is 3.64. The van der Waals surface area contributed by atoms with Crippen LogP contribution in [0.15, 0.2) is 0 Å². The molecule has 1 unspecified atom stereocenters. The molecule has 2 fully saturated rings. The molecule has 0 bridgehead atoms. The van der Waals surface area contributed by atoms with Gasteiger partial charge in [-0.05, 0) is 45.1 Å². The van der Waals surface area contributed by atoms with Crippen molar-refractivity contribution < 1.29 is 4.79 Å². The predicted octanol–water partition coefficient (Wildman–Crippen LogP) is 2.80. The molecule has 0 spiro atoms. The highest BCUT2D eigenvalue weighted by atomic mass is 16.2. The van der Waals surface area contributed by atoms with Gasteiger partial charge in [-0.2, -0.15) is 0 Å².